The van der Waals surface area contributed by atoms with Crippen LogP contribution in [0.3, 0.4) is 0 Å². The van der Waals surface area contributed by atoms with Gasteiger partial charge in [0.05, 0.1) is 10.9 Å². The van der Waals surface area contributed by atoms with Gasteiger partial charge in [0.15, 0.2) is 0 Å². The van der Waals surface area contributed by atoms with E-state index >= 15 is 0 Å². The van der Waals surface area contributed by atoms with Crippen LogP contribution in [-0.4, -0.2) is 54.2 Å². The molecule has 2 heterocycles. The normalized spacial score (nSPS) is 23.6. The van der Waals surface area contributed by atoms with E-state index in [9.17, 15) is 14.0 Å². The van der Waals surface area contributed by atoms with E-state index in [1.807, 2.05) is 4.90 Å². The molecule has 2 atom stereocenters. The van der Waals surface area contributed by atoms with Crippen LogP contribution in [0.2, 0.25) is 5.02 Å². The number of carboxylic acids is 1. The Labute approximate surface area is 144 Å². The number of nitrogens with one attached hydrogen (secondary N) is 1. The van der Waals surface area contributed by atoms with Crippen LogP contribution >= 0.6 is 11.6 Å². The summed E-state index contributed by atoms with van der Waals surface area (Å²) in [7, 11) is 0. The van der Waals surface area contributed by atoms with Crippen molar-refractivity contribution in [3.8, 4) is 0 Å². The third kappa shape index (κ3) is 3.56. The van der Waals surface area contributed by atoms with E-state index < -0.39 is 17.7 Å². The predicted molar refractivity (Wildman–Crippen MR) is 87.9 cm³/mol. The molecular formula is C16H19ClFN3O3. The Balaban J connectivity index is 1.53. The van der Waals surface area contributed by atoms with Crippen molar-refractivity contribution in [2.24, 2.45) is 5.92 Å². The van der Waals surface area contributed by atoms with Crippen LogP contribution in [-0.2, 0) is 4.79 Å². The van der Waals surface area contributed by atoms with Gasteiger partial charge in [0.1, 0.15) is 5.82 Å². The van der Waals surface area contributed by atoms with Gasteiger partial charge in [-0.15, -0.1) is 0 Å². The fourth-order valence-electron chi connectivity index (χ4n) is 3.21. The molecule has 130 valence electrons. The highest BCUT2D eigenvalue weighted by Gasteiger charge is 2.32. The van der Waals surface area contributed by atoms with Crippen LogP contribution in [0.25, 0.3) is 0 Å². The molecule has 2 N–H and O–H groups in total. The van der Waals surface area contributed by atoms with Gasteiger partial charge < -0.3 is 20.2 Å². The first-order valence-corrected chi connectivity index (χ1v) is 8.30. The number of carboxylic acid groups (broad SMARTS) is 1. The number of carbonyl (C=O) groups excluding carboxylic acids is 1. The molecule has 2 aliphatic rings. The Hall–Kier alpha value is -2.02. The number of benzene rings is 1. The minimum Gasteiger partial charge on any atom is -0.481 e. The molecule has 0 aromatic heterocycles. The Morgan fingerprint density at radius 3 is 2.71 bits per heavy atom. The summed E-state index contributed by atoms with van der Waals surface area (Å²) in [6.07, 6.45) is 1.27. The second-order valence-corrected chi connectivity index (χ2v) is 6.66. The number of rotatable bonds is 3. The zero-order chi connectivity index (χ0) is 17.3. The smallest absolute Gasteiger partial charge is 0.317 e. The van der Waals surface area contributed by atoms with Crippen molar-refractivity contribution in [2.45, 2.75) is 18.9 Å². The molecule has 0 saturated carbocycles. The molecule has 8 heteroatoms. The topological polar surface area (TPSA) is 72.9 Å². The Morgan fingerprint density at radius 2 is 2.04 bits per heavy atom. The lowest BCUT2D eigenvalue weighted by molar-refractivity contribution is -0.141. The second kappa shape index (κ2) is 6.84. The Bertz CT molecular complexity index is 657. The van der Waals surface area contributed by atoms with Crippen molar-refractivity contribution in [2.75, 3.05) is 31.1 Å². The van der Waals surface area contributed by atoms with Crippen molar-refractivity contribution in [1.29, 1.82) is 0 Å². The van der Waals surface area contributed by atoms with Crippen molar-refractivity contribution in [3.05, 3.63) is 29.0 Å². The number of aliphatic carboxylic acids is 1. The maximum atomic E-state index is 13.2. The summed E-state index contributed by atoms with van der Waals surface area (Å²) in [6, 6.07) is 4.34. The molecule has 0 aliphatic carbocycles. The third-order valence-corrected chi connectivity index (χ3v) is 4.90. The standard InChI is InChI=1S/C16H19ClFN3O3/c17-13-7-12(1-2-14(13)18)20-6-4-11(9-20)19-16(24)21-5-3-10(8-21)15(22)23/h1-2,7,10-11H,3-6,8-9H2,(H,19,24)(H,22,23). The lowest BCUT2D eigenvalue weighted by Gasteiger charge is -2.22. The molecule has 2 amide bonds. The third-order valence-electron chi connectivity index (χ3n) is 4.61. The molecule has 2 unspecified atom stereocenters. The molecule has 0 radical (unpaired) electrons. The summed E-state index contributed by atoms with van der Waals surface area (Å²) in [5, 5.41) is 12.0. The maximum absolute atomic E-state index is 13.2. The number of carbonyl (C=O) groups is 2. The number of amides is 2. The molecule has 0 spiro atoms. The molecule has 6 nitrogen and oxygen atoms in total. The minimum absolute atomic E-state index is 0.0230. The van der Waals surface area contributed by atoms with Crippen molar-refractivity contribution in [3.63, 3.8) is 0 Å². The van der Waals surface area contributed by atoms with Gasteiger partial charge in [-0.3, -0.25) is 4.79 Å². The number of urea groups is 1. The monoisotopic (exact) mass is 355 g/mol. The number of anilines is 1. The highest BCUT2D eigenvalue weighted by molar-refractivity contribution is 6.31. The van der Waals surface area contributed by atoms with Crippen molar-refractivity contribution >= 4 is 29.3 Å². The Morgan fingerprint density at radius 1 is 1.25 bits per heavy atom. The van der Waals surface area contributed by atoms with Gasteiger partial charge in [-0.25, -0.2) is 9.18 Å². The molecule has 2 fully saturated rings. The molecule has 1 aromatic carbocycles. The lowest BCUT2D eigenvalue weighted by Crippen LogP contribution is -2.45. The number of nitrogens with zero attached hydrogens (tertiary/aromatic N) is 2. The molecule has 2 saturated heterocycles. The van der Waals surface area contributed by atoms with Crippen molar-refractivity contribution < 1.29 is 19.1 Å². The number of halogens is 2. The highest BCUT2D eigenvalue weighted by Crippen LogP contribution is 2.26. The fourth-order valence-corrected chi connectivity index (χ4v) is 3.38. The van der Waals surface area contributed by atoms with Gasteiger partial charge in [-0.05, 0) is 31.0 Å². The van der Waals surface area contributed by atoms with Crippen LogP contribution in [0.15, 0.2) is 18.2 Å². The largest absolute Gasteiger partial charge is 0.481 e. The first-order valence-electron chi connectivity index (χ1n) is 7.92. The predicted octanol–water partition coefficient (Wildman–Crippen LogP) is 2.17. The SMILES string of the molecule is O=C(O)C1CCN(C(=O)NC2CCN(c3ccc(F)c(Cl)c3)C2)C1. The molecular weight excluding hydrogens is 337 g/mol. The van der Waals surface area contributed by atoms with E-state index in [0.29, 0.717) is 19.5 Å². The van der Waals surface area contributed by atoms with Crippen LogP contribution in [0, 0.1) is 11.7 Å². The van der Waals surface area contributed by atoms with E-state index in [1.54, 1.807) is 17.0 Å². The molecule has 1 aromatic rings. The zero-order valence-electron chi connectivity index (χ0n) is 13.0. The maximum Gasteiger partial charge on any atom is 0.317 e. The van der Waals surface area contributed by atoms with Gasteiger partial charge in [0.2, 0.25) is 0 Å². The number of hydrogen-bond donors (Lipinski definition) is 2. The van der Waals surface area contributed by atoms with Gasteiger partial charge >= 0.3 is 12.0 Å². The van der Waals surface area contributed by atoms with E-state index in [-0.39, 0.29) is 23.6 Å². The summed E-state index contributed by atoms with van der Waals surface area (Å²) < 4.78 is 13.2. The lowest BCUT2D eigenvalue weighted by atomic mass is 10.1. The van der Waals surface area contributed by atoms with Gasteiger partial charge in [0, 0.05) is 37.9 Å². The minimum atomic E-state index is -0.856. The van der Waals surface area contributed by atoms with Gasteiger partial charge in [-0.1, -0.05) is 11.6 Å². The average Bonchev–Trinajstić information content (AvgIpc) is 3.19. The molecule has 2 aliphatic heterocycles. The van der Waals surface area contributed by atoms with Crippen LogP contribution in [0.1, 0.15) is 12.8 Å². The fraction of sp³-hybridized carbons (Fsp3) is 0.500. The molecule has 3 rings (SSSR count). The molecule has 0 bridgehead atoms. The van der Waals surface area contributed by atoms with Gasteiger partial charge in [-0.2, -0.15) is 0 Å². The highest BCUT2D eigenvalue weighted by atomic mass is 35.5. The zero-order valence-corrected chi connectivity index (χ0v) is 13.8. The summed E-state index contributed by atoms with van der Waals surface area (Å²) in [6.45, 7) is 2.08. The average molecular weight is 356 g/mol. The Kier molecular flexibility index (Phi) is 4.80. The quantitative estimate of drug-likeness (QED) is 0.871. The summed E-state index contributed by atoms with van der Waals surface area (Å²) in [4.78, 5) is 26.8. The van der Waals surface area contributed by atoms with Crippen LogP contribution in [0.5, 0.6) is 0 Å². The summed E-state index contributed by atoms with van der Waals surface area (Å²) in [5.41, 5.74) is 0.824. The van der Waals surface area contributed by atoms with E-state index in [0.717, 1.165) is 18.7 Å². The summed E-state index contributed by atoms with van der Waals surface area (Å²) in [5.74, 6) is -1.78. The first kappa shape index (κ1) is 16.8. The van der Waals surface area contributed by atoms with Gasteiger partial charge in [0.25, 0.3) is 0 Å². The van der Waals surface area contributed by atoms with Crippen molar-refractivity contribution in [1.82, 2.24) is 10.2 Å². The molecule has 24 heavy (non-hydrogen) atoms. The second-order valence-electron chi connectivity index (χ2n) is 6.25. The van der Waals surface area contributed by atoms with E-state index in [1.165, 1.54) is 6.07 Å². The first-order chi connectivity index (χ1) is 11.4. The number of likely N-dealkylation sites (tertiary alicyclic amines) is 1. The summed E-state index contributed by atoms with van der Waals surface area (Å²) >= 11 is 5.81. The number of hydrogen-bond acceptors (Lipinski definition) is 3. The van der Waals surface area contributed by atoms with Crippen LogP contribution < -0.4 is 10.2 Å². The van der Waals surface area contributed by atoms with E-state index in [4.69, 9.17) is 16.7 Å². The van der Waals surface area contributed by atoms with Crippen LogP contribution in [0.4, 0.5) is 14.9 Å². The van der Waals surface area contributed by atoms with E-state index in [2.05, 4.69) is 5.32 Å².